The normalized spacial score (nSPS) is 14.6. The third kappa shape index (κ3) is 4.20. The average Bonchev–Trinajstić information content (AvgIpc) is 3.20. The number of hydrogen-bond acceptors (Lipinski definition) is 4. The maximum Gasteiger partial charge on any atom is 0.269 e. The third-order valence-corrected chi connectivity index (χ3v) is 3.57. The molecule has 1 N–H and O–H groups in total. The molecule has 0 amide bonds. The predicted molar refractivity (Wildman–Crippen MR) is 80.9 cm³/mol. The lowest BCUT2D eigenvalue weighted by Crippen LogP contribution is -2.21. The van der Waals surface area contributed by atoms with Crippen molar-refractivity contribution < 1.29 is 4.92 Å². The second kappa shape index (κ2) is 6.70. The van der Waals surface area contributed by atoms with E-state index in [0.29, 0.717) is 0 Å². The lowest BCUT2D eigenvalue weighted by atomic mass is 10.1. The van der Waals surface area contributed by atoms with Crippen LogP contribution < -0.4 is 5.32 Å². The first-order valence-electron chi connectivity index (χ1n) is 7.30. The summed E-state index contributed by atoms with van der Waals surface area (Å²) < 4.78 is 0. The Labute approximate surface area is 120 Å². The molecule has 0 unspecified atom stereocenters. The minimum Gasteiger partial charge on any atom is -0.385 e. The van der Waals surface area contributed by atoms with E-state index in [0.717, 1.165) is 43.2 Å². The van der Waals surface area contributed by atoms with E-state index in [1.807, 2.05) is 6.07 Å². The lowest BCUT2D eigenvalue weighted by Gasteiger charge is -2.19. The highest BCUT2D eigenvalue weighted by Gasteiger charge is 2.23. The van der Waals surface area contributed by atoms with Gasteiger partial charge in [-0.25, -0.2) is 0 Å². The van der Waals surface area contributed by atoms with Crippen molar-refractivity contribution in [1.29, 1.82) is 0 Å². The van der Waals surface area contributed by atoms with Crippen molar-refractivity contribution >= 4 is 11.4 Å². The zero-order chi connectivity index (χ0) is 14.5. The van der Waals surface area contributed by atoms with Gasteiger partial charge in [0.1, 0.15) is 0 Å². The van der Waals surface area contributed by atoms with Crippen LogP contribution >= 0.6 is 0 Å². The zero-order valence-corrected chi connectivity index (χ0v) is 12.3. The van der Waals surface area contributed by atoms with Crippen molar-refractivity contribution in [3.05, 3.63) is 33.9 Å². The molecule has 0 heterocycles. The maximum atomic E-state index is 10.9. The molecule has 5 heteroatoms. The van der Waals surface area contributed by atoms with Gasteiger partial charge in [0.15, 0.2) is 0 Å². The van der Waals surface area contributed by atoms with Crippen LogP contribution in [0.2, 0.25) is 0 Å². The minimum absolute atomic E-state index is 0.168. The Morgan fingerprint density at radius 1 is 1.45 bits per heavy atom. The van der Waals surface area contributed by atoms with Crippen LogP contribution in [0.5, 0.6) is 0 Å². The number of benzene rings is 1. The molecule has 0 radical (unpaired) electrons. The maximum absolute atomic E-state index is 10.9. The van der Waals surface area contributed by atoms with Gasteiger partial charge in [0, 0.05) is 37.5 Å². The van der Waals surface area contributed by atoms with Gasteiger partial charge in [0.2, 0.25) is 0 Å². The number of nitrogens with zero attached hydrogens (tertiary/aromatic N) is 2. The van der Waals surface area contributed by atoms with Gasteiger partial charge in [-0.05, 0) is 43.9 Å². The average molecular weight is 277 g/mol. The highest BCUT2D eigenvalue weighted by atomic mass is 16.6. The minimum atomic E-state index is -0.325. The van der Waals surface area contributed by atoms with E-state index in [2.05, 4.69) is 24.2 Å². The van der Waals surface area contributed by atoms with Crippen LogP contribution in [-0.2, 0) is 6.54 Å². The SMILES string of the molecule is CCCNc1ccc([N+](=O)[O-])cc1CN(C)CC1CC1. The van der Waals surface area contributed by atoms with Crippen molar-refractivity contribution in [2.24, 2.45) is 5.92 Å². The van der Waals surface area contributed by atoms with Gasteiger partial charge in [-0.3, -0.25) is 10.1 Å². The molecular weight excluding hydrogens is 254 g/mol. The Bertz CT molecular complexity index is 472. The fourth-order valence-electron chi connectivity index (χ4n) is 2.35. The van der Waals surface area contributed by atoms with Crippen LogP contribution in [0.4, 0.5) is 11.4 Å². The van der Waals surface area contributed by atoms with Crippen LogP contribution in [0.25, 0.3) is 0 Å². The summed E-state index contributed by atoms with van der Waals surface area (Å²) in [4.78, 5) is 12.9. The largest absolute Gasteiger partial charge is 0.385 e. The molecule has 110 valence electrons. The zero-order valence-electron chi connectivity index (χ0n) is 12.3. The molecule has 0 atom stereocenters. The van der Waals surface area contributed by atoms with Crippen LogP contribution in [-0.4, -0.2) is 30.0 Å². The summed E-state index contributed by atoms with van der Waals surface area (Å²) in [6, 6.07) is 5.10. The fraction of sp³-hybridized carbons (Fsp3) is 0.600. The van der Waals surface area contributed by atoms with Gasteiger partial charge in [-0.2, -0.15) is 0 Å². The summed E-state index contributed by atoms with van der Waals surface area (Å²) in [5.74, 6) is 0.825. The van der Waals surface area contributed by atoms with Crippen molar-refractivity contribution in [1.82, 2.24) is 4.90 Å². The van der Waals surface area contributed by atoms with E-state index < -0.39 is 0 Å². The lowest BCUT2D eigenvalue weighted by molar-refractivity contribution is -0.384. The molecule has 1 aliphatic rings. The highest BCUT2D eigenvalue weighted by Crippen LogP contribution is 2.30. The Morgan fingerprint density at radius 2 is 2.20 bits per heavy atom. The Morgan fingerprint density at radius 3 is 2.80 bits per heavy atom. The molecule has 0 bridgehead atoms. The fourth-order valence-corrected chi connectivity index (χ4v) is 2.35. The predicted octanol–water partition coefficient (Wildman–Crippen LogP) is 3.26. The van der Waals surface area contributed by atoms with E-state index in [4.69, 9.17) is 0 Å². The van der Waals surface area contributed by atoms with Crippen LogP contribution in [0.1, 0.15) is 31.7 Å². The first-order valence-corrected chi connectivity index (χ1v) is 7.30. The number of anilines is 1. The second-order valence-electron chi connectivity index (χ2n) is 5.67. The molecular formula is C15H23N3O2. The van der Waals surface area contributed by atoms with Crippen LogP contribution in [0, 0.1) is 16.0 Å². The molecule has 1 aromatic carbocycles. The summed E-state index contributed by atoms with van der Waals surface area (Å²) in [6.45, 7) is 4.83. The summed E-state index contributed by atoms with van der Waals surface area (Å²) >= 11 is 0. The Balaban J connectivity index is 2.11. The van der Waals surface area contributed by atoms with E-state index in [9.17, 15) is 10.1 Å². The molecule has 20 heavy (non-hydrogen) atoms. The summed E-state index contributed by atoms with van der Waals surface area (Å²) in [7, 11) is 2.08. The van der Waals surface area contributed by atoms with Gasteiger partial charge in [-0.1, -0.05) is 6.92 Å². The topological polar surface area (TPSA) is 58.4 Å². The molecule has 0 spiro atoms. The molecule has 5 nitrogen and oxygen atoms in total. The molecule has 1 aliphatic carbocycles. The van der Waals surface area contributed by atoms with Gasteiger partial charge in [-0.15, -0.1) is 0 Å². The molecule has 1 fully saturated rings. The van der Waals surface area contributed by atoms with Gasteiger partial charge >= 0.3 is 0 Å². The number of nitro benzene ring substituents is 1. The molecule has 0 aliphatic heterocycles. The molecule has 0 aromatic heterocycles. The number of hydrogen-bond donors (Lipinski definition) is 1. The number of non-ortho nitro benzene ring substituents is 1. The van der Waals surface area contributed by atoms with Gasteiger partial charge in [0.05, 0.1) is 4.92 Å². The number of rotatable bonds is 8. The molecule has 1 saturated carbocycles. The summed E-state index contributed by atoms with van der Waals surface area (Å²) in [5, 5.41) is 14.3. The summed E-state index contributed by atoms with van der Waals surface area (Å²) in [5.41, 5.74) is 2.19. The van der Waals surface area contributed by atoms with E-state index in [-0.39, 0.29) is 10.6 Å². The quantitative estimate of drug-likeness (QED) is 0.585. The smallest absolute Gasteiger partial charge is 0.269 e. The first-order chi connectivity index (χ1) is 9.60. The summed E-state index contributed by atoms with van der Waals surface area (Å²) in [6.07, 6.45) is 3.68. The van der Waals surface area contributed by atoms with E-state index in [1.165, 1.54) is 12.8 Å². The number of nitro groups is 1. The Kier molecular flexibility index (Phi) is 4.95. The highest BCUT2D eigenvalue weighted by molar-refractivity contribution is 5.56. The van der Waals surface area contributed by atoms with Crippen LogP contribution in [0.3, 0.4) is 0 Å². The molecule has 2 rings (SSSR count). The number of nitrogens with one attached hydrogen (secondary N) is 1. The van der Waals surface area contributed by atoms with Crippen LogP contribution in [0.15, 0.2) is 18.2 Å². The first kappa shape index (κ1) is 14.8. The van der Waals surface area contributed by atoms with Crippen molar-refractivity contribution in [2.45, 2.75) is 32.7 Å². The van der Waals surface area contributed by atoms with Crippen molar-refractivity contribution in [3.8, 4) is 0 Å². The van der Waals surface area contributed by atoms with Gasteiger partial charge in [0.25, 0.3) is 5.69 Å². The second-order valence-corrected chi connectivity index (χ2v) is 5.67. The monoisotopic (exact) mass is 277 g/mol. The molecule has 1 aromatic rings. The van der Waals surface area contributed by atoms with E-state index in [1.54, 1.807) is 12.1 Å². The standard InChI is InChI=1S/C15H23N3O2/c1-3-8-16-15-7-6-14(18(19)20)9-13(15)11-17(2)10-12-4-5-12/h6-7,9,12,16H,3-5,8,10-11H2,1-2H3. The van der Waals surface area contributed by atoms with Crippen molar-refractivity contribution in [3.63, 3.8) is 0 Å². The molecule has 0 saturated heterocycles. The van der Waals surface area contributed by atoms with Gasteiger partial charge < -0.3 is 10.2 Å². The van der Waals surface area contributed by atoms with Crippen molar-refractivity contribution in [2.75, 3.05) is 25.5 Å². The third-order valence-electron chi connectivity index (χ3n) is 3.57. The van der Waals surface area contributed by atoms with E-state index >= 15 is 0 Å². The Hall–Kier alpha value is -1.62.